The van der Waals surface area contributed by atoms with Crippen molar-refractivity contribution in [1.82, 2.24) is 0 Å². The summed E-state index contributed by atoms with van der Waals surface area (Å²) in [6.45, 7) is 0. The van der Waals surface area contributed by atoms with Gasteiger partial charge in [0.15, 0.2) is 9.84 Å². The van der Waals surface area contributed by atoms with Crippen LogP contribution in [0.5, 0.6) is 0 Å². The van der Waals surface area contributed by atoms with Crippen LogP contribution in [0.15, 0.2) is 23.1 Å². The van der Waals surface area contributed by atoms with E-state index in [1.54, 1.807) is 0 Å². The molecule has 0 saturated heterocycles. The van der Waals surface area contributed by atoms with Crippen LogP contribution in [0.4, 0.5) is 8.78 Å². The average Bonchev–Trinajstić information content (AvgIpc) is 2.80. The van der Waals surface area contributed by atoms with E-state index in [2.05, 4.69) is 0 Å². The largest absolute Gasteiger partial charge is 0.327 e. The summed E-state index contributed by atoms with van der Waals surface area (Å²) in [6, 6.07) is 1.99. The fourth-order valence-corrected chi connectivity index (χ4v) is 4.18. The number of benzene rings is 1. The smallest absolute Gasteiger partial charge is 0.182 e. The number of halogens is 2. The molecule has 0 aromatic heterocycles. The first kappa shape index (κ1) is 14.4. The lowest BCUT2D eigenvalue weighted by Crippen LogP contribution is -2.36. The highest BCUT2D eigenvalue weighted by molar-refractivity contribution is 7.91. The predicted octanol–water partition coefficient (Wildman–Crippen LogP) is 2.26. The molecule has 1 saturated carbocycles. The Morgan fingerprint density at radius 3 is 2.47 bits per heavy atom. The molecule has 0 spiro atoms. The summed E-state index contributed by atoms with van der Waals surface area (Å²) < 4.78 is 50.5. The molecule has 106 valence electrons. The summed E-state index contributed by atoms with van der Waals surface area (Å²) in [5, 5.41) is 0. The first-order valence-electron chi connectivity index (χ1n) is 6.33. The Labute approximate surface area is 111 Å². The zero-order valence-electron chi connectivity index (χ0n) is 10.5. The second-order valence-corrected chi connectivity index (χ2v) is 7.07. The van der Waals surface area contributed by atoms with E-state index < -0.39 is 32.4 Å². The van der Waals surface area contributed by atoms with Gasteiger partial charge in [-0.25, -0.2) is 17.2 Å². The molecule has 1 atom stereocenters. The molecule has 3 nitrogen and oxygen atoms in total. The van der Waals surface area contributed by atoms with Gasteiger partial charge in [0.2, 0.25) is 0 Å². The molecule has 0 amide bonds. The zero-order chi connectivity index (χ0) is 14.0. The van der Waals surface area contributed by atoms with Crippen molar-refractivity contribution in [1.29, 1.82) is 0 Å². The lowest BCUT2D eigenvalue weighted by molar-refractivity contribution is 0.453. The number of rotatable bonds is 4. The average molecular weight is 289 g/mol. The minimum Gasteiger partial charge on any atom is -0.327 e. The maximum Gasteiger partial charge on any atom is 0.182 e. The van der Waals surface area contributed by atoms with Crippen LogP contribution < -0.4 is 5.73 Å². The Hall–Kier alpha value is -1.01. The van der Waals surface area contributed by atoms with E-state index in [-0.39, 0.29) is 11.7 Å². The SMILES string of the molecule is NC(CS(=O)(=O)c1ccc(F)cc1F)C1CCCC1. The monoisotopic (exact) mass is 289 g/mol. The number of nitrogens with two attached hydrogens (primary N) is 1. The van der Waals surface area contributed by atoms with E-state index >= 15 is 0 Å². The van der Waals surface area contributed by atoms with Crippen molar-refractivity contribution in [3.63, 3.8) is 0 Å². The molecule has 0 radical (unpaired) electrons. The van der Waals surface area contributed by atoms with Crippen molar-refractivity contribution >= 4 is 9.84 Å². The third-order valence-corrected chi connectivity index (χ3v) is 5.47. The summed E-state index contributed by atoms with van der Waals surface area (Å²) in [6.07, 6.45) is 3.96. The van der Waals surface area contributed by atoms with Crippen LogP contribution in [0.3, 0.4) is 0 Å². The number of sulfone groups is 1. The molecule has 1 fully saturated rings. The molecule has 6 heteroatoms. The van der Waals surface area contributed by atoms with E-state index in [4.69, 9.17) is 5.73 Å². The van der Waals surface area contributed by atoms with Gasteiger partial charge in [-0.05, 0) is 30.9 Å². The molecule has 0 aliphatic heterocycles. The van der Waals surface area contributed by atoms with Gasteiger partial charge < -0.3 is 5.73 Å². The second kappa shape index (κ2) is 5.54. The molecule has 1 aliphatic carbocycles. The van der Waals surface area contributed by atoms with Crippen LogP contribution in [0, 0.1) is 17.6 Å². The molecule has 1 unspecified atom stereocenters. The summed E-state index contributed by atoms with van der Waals surface area (Å²) in [4.78, 5) is -0.470. The van der Waals surface area contributed by atoms with Crippen LogP contribution in [0.2, 0.25) is 0 Å². The zero-order valence-corrected chi connectivity index (χ0v) is 11.3. The van der Waals surface area contributed by atoms with Crippen LogP contribution in [0.25, 0.3) is 0 Å². The van der Waals surface area contributed by atoms with Crippen LogP contribution in [-0.2, 0) is 9.84 Å². The lowest BCUT2D eigenvalue weighted by atomic mass is 10.0. The van der Waals surface area contributed by atoms with Gasteiger partial charge >= 0.3 is 0 Å². The van der Waals surface area contributed by atoms with Crippen molar-refractivity contribution in [2.24, 2.45) is 11.7 Å². The topological polar surface area (TPSA) is 60.2 Å². The van der Waals surface area contributed by atoms with Crippen molar-refractivity contribution in [3.05, 3.63) is 29.8 Å². The van der Waals surface area contributed by atoms with Crippen molar-refractivity contribution < 1.29 is 17.2 Å². The number of hydrogen-bond acceptors (Lipinski definition) is 3. The fraction of sp³-hybridized carbons (Fsp3) is 0.538. The van der Waals surface area contributed by atoms with Crippen LogP contribution in [0.1, 0.15) is 25.7 Å². The lowest BCUT2D eigenvalue weighted by Gasteiger charge is -2.18. The van der Waals surface area contributed by atoms with E-state index in [0.717, 1.165) is 37.8 Å². The molecule has 1 aromatic carbocycles. The van der Waals surface area contributed by atoms with Gasteiger partial charge in [0, 0.05) is 12.1 Å². The van der Waals surface area contributed by atoms with E-state index in [1.165, 1.54) is 0 Å². The molecule has 0 heterocycles. The summed E-state index contributed by atoms with van der Waals surface area (Å²) in [5.74, 6) is -1.96. The number of hydrogen-bond donors (Lipinski definition) is 1. The molecule has 1 aliphatic rings. The van der Waals surface area contributed by atoms with Crippen LogP contribution >= 0.6 is 0 Å². The van der Waals surface area contributed by atoms with Gasteiger partial charge in [-0.1, -0.05) is 12.8 Å². The first-order valence-corrected chi connectivity index (χ1v) is 7.99. The maximum atomic E-state index is 13.5. The van der Waals surface area contributed by atoms with E-state index in [0.29, 0.717) is 6.07 Å². The van der Waals surface area contributed by atoms with Gasteiger partial charge in [0.05, 0.1) is 5.75 Å². The molecular formula is C13H17F2NO2S. The Morgan fingerprint density at radius 1 is 1.26 bits per heavy atom. The summed E-state index contributed by atoms with van der Waals surface area (Å²) in [5.41, 5.74) is 5.91. The van der Waals surface area contributed by atoms with Gasteiger partial charge in [0.1, 0.15) is 16.5 Å². The third kappa shape index (κ3) is 3.30. The summed E-state index contributed by atoms with van der Waals surface area (Å²) in [7, 11) is -3.81. The van der Waals surface area contributed by atoms with Gasteiger partial charge in [-0.15, -0.1) is 0 Å². The van der Waals surface area contributed by atoms with Gasteiger partial charge in [-0.3, -0.25) is 0 Å². The van der Waals surface area contributed by atoms with Gasteiger partial charge in [-0.2, -0.15) is 0 Å². The quantitative estimate of drug-likeness (QED) is 0.865. The third-order valence-electron chi connectivity index (χ3n) is 3.65. The molecule has 0 bridgehead atoms. The molecule has 19 heavy (non-hydrogen) atoms. The summed E-state index contributed by atoms with van der Waals surface area (Å²) >= 11 is 0. The Kier molecular flexibility index (Phi) is 4.20. The van der Waals surface area contributed by atoms with Crippen molar-refractivity contribution in [3.8, 4) is 0 Å². The highest BCUT2D eigenvalue weighted by Crippen LogP contribution is 2.28. The molecule has 2 rings (SSSR count). The Morgan fingerprint density at radius 2 is 1.89 bits per heavy atom. The molecule has 1 aromatic rings. The normalized spacial score (nSPS) is 18.7. The molecule has 2 N–H and O–H groups in total. The van der Waals surface area contributed by atoms with E-state index in [1.807, 2.05) is 0 Å². The maximum absolute atomic E-state index is 13.5. The minimum absolute atomic E-state index is 0.179. The predicted molar refractivity (Wildman–Crippen MR) is 68.3 cm³/mol. The second-order valence-electron chi connectivity index (χ2n) is 5.06. The highest BCUT2D eigenvalue weighted by atomic mass is 32.2. The van der Waals surface area contributed by atoms with E-state index in [9.17, 15) is 17.2 Å². The first-order chi connectivity index (χ1) is 8.90. The fourth-order valence-electron chi connectivity index (χ4n) is 2.59. The Balaban J connectivity index is 2.17. The Bertz CT molecular complexity index is 554. The highest BCUT2D eigenvalue weighted by Gasteiger charge is 2.29. The van der Waals surface area contributed by atoms with Gasteiger partial charge in [0.25, 0.3) is 0 Å². The standard InChI is InChI=1S/C13H17F2NO2S/c14-10-5-6-13(11(15)7-10)19(17,18)8-12(16)9-3-1-2-4-9/h5-7,9,12H,1-4,8,16H2. The minimum atomic E-state index is -3.81. The van der Waals surface area contributed by atoms with Crippen LogP contribution in [-0.4, -0.2) is 20.2 Å². The van der Waals surface area contributed by atoms with Crippen molar-refractivity contribution in [2.45, 2.75) is 36.6 Å². The van der Waals surface area contributed by atoms with Crippen molar-refractivity contribution in [2.75, 3.05) is 5.75 Å². The molecular weight excluding hydrogens is 272 g/mol.